The maximum atomic E-state index is 11.1. The summed E-state index contributed by atoms with van der Waals surface area (Å²) in [5, 5.41) is 8.68. The molecular weight excluding hydrogens is 272 g/mol. The van der Waals surface area contributed by atoms with Gasteiger partial charge in [0.15, 0.2) is 9.84 Å². The molecule has 0 atom stereocenters. The number of carbonyl (C=O) groups is 1. The first-order chi connectivity index (χ1) is 6.32. The number of carboxylic acid groups (broad SMARTS) is 1. The molecule has 0 saturated heterocycles. The molecular formula is C8H7BrO4S. The molecule has 0 radical (unpaired) electrons. The first-order valence-electron chi connectivity index (χ1n) is 3.55. The van der Waals surface area contributed by atoms with Crippen molar-refractivity contribution >= 4 is 31.7 Å². The van der Waals surface area contributed by atoms with E-state index < -0.39 is 15.8 Å². The third-order valence-electron chi connectivity index (χ3n) is 1.60. The number of carboxylic acids is 1. The van der Waals surface area contributed by atoms with Gasteiger partial charge in [-0.15, -0.1) is 0 Å². The second-order valence-electron chi connectivity index (χ2n) is 2.72. The zero-order chi connectivity index (χ0) is 10.9. The highest BCUT2D eigenvalue weighted by molar-refractivity contribution is 9.10. The van der Waals surface area contributed by atoms with Crippen LogP contribution in [0.4, 0.5) is 0 Å². The van der Waals surface area contributed by atoms with Crippen LogP contribution in [0.3, 0.4) is 0 Å². The molecule has 6 heteroatoms. The molecule has 0 spiro atoms. The van der Waals surface area contributed by atoms with Crippen molar-refractivity contribution < 1.29 is 18.3 Å². The van der Waals surface area contributed by atoms with E-state index in [1.165, 1.54) is 18.2 Å². The van der Waals surface area contributed by atoms with Crippen LogP contribution in [-0.4, -0.2) is 25.7 Å². The quantitative estimate of drug-likeness (QED) is 0.891. The van der Waals surface area contributed by atoms with Gasteiger partial charge in [-0.05, 0) is 34.1 Å². The molecule has 14 heavy (non-hydrogen) atoms. The largest absolute Gasteiger partial charge is 0.478 e. The number of sulfone groups is 1. The lowest BCUT2D eigenvalue weighted by Crippen LogP contribution is -2.01. The van der Waals surface area contributed by atoms with Gasteiger partial charge in [-0.1, -0.05) is 0 Å². The van der Waals surface area contributed by atoms with E-state index in [0.29, 0.717) is 0 Å². The van der Waals surface area contributed by atoms with Gasteiger partial charge >= 0.3 is 5.97 Å². The molecule has 1 N–H and O–H groups in total. The topological polar surface area (TPSA) is 71.4 Å². The van der Waals surface area contributed by atoms with Crippen LogP contribution >= 0.6 is 15.9 Å². The molecule has 4 nitrogen and oxygen atoms in total. The predicted octanol–water partition coefficient (Wildman–Crippen LogP) is 1.55. The third-order valence-corrected chi connectivity index (χ3v) is 3.37. The van der Waals surface area contributed by atoms with Crippen LogP contribution in [0.5, 0.6) is 0 Å². The van der Waals surface area contributed by atoms with Crippen molar-refractivity contribution in [1.29, 1.82) is 0 Å². The summed E-state index contributed by atoms with van der Waals surface area (Å²) in [6, 6.07) is 3.80. The van der Waals surface area contributed by atoms with E-state index in [4.69, 9.17) is 5.11 Å². The molecule has 0 aliphatic carbocycles. The number of hydrogen-bond donors (Lipinski definition) is 1. The van der Waals surface area contributed by atoms with Crippen molar-refractivity contribution in [2.75, 3.05) is 6.26 Å². The molecule has 0 aliphatic rings. The minimum atomic E-state index is -3.29. The Kier molecular flexibility index (Phi) is 2.96. The summed E-state index contributed by atoms with van der Waals surface area (Å²) in [4.78, 5) is 10.7. The first-order valence-corrected chi connectivity index (χ1v) is 6.23. The fourth-order valence-corrected chi connectivity index (χ4v) is 2.25. The number of benzene rings is 1. The second-order valence-corrected chi connectivity index (χ2v) is 5.59. The zero-order valence-corrected chi connectivity index (χ0v) is 9.59. The smallest absolute Gasteiger partial charge is 0.336 e. The fourth-order valence-electron chi connectivity index (χ4n) is 0.900. The Hall–Kier alpha value is -0.880. The zero-order valence-electron chi connectivity index (χ0n) is 7.19. The molecule has 0 fully saturated rings. The van der Waals surface area contributed by atoms with Gasteiger partial charge in [0.05, 0.1) is 10.5 Å². The van der Waals surface area contributed by atoms with Gasteiger partial charge < -0.3 is 5.11 Å². The van der Waals surface area contributed by atoms with Crippen molar-refractivity contribution in [2.24, 2.45) is 0 Å². The van der Waals surface area contributed by atoms with Gasteiger partial charge in [0.25, 0.3) is 0 Å². The van der Waals surface area contributed by atoms with E-state index in [-0.39, 0.29) is 14.9 Å². The van der Waals surface area contributed by atoms with Crippen molar-refractivity contribution in [3.05, 3.63) is 28.2 Å². The number of aromatic carboxylic acids is 1. The van der Waals surface area contributed by atoms with Gasteiger partial charge in [0.1, 0.15) is 0 Å². The van der Waals surface area contributed by atoms with Crippen LogP contribution in [-0.2, 0) is 9.84 Å². The summed E-state index contributed by atoms with van der Waals surface area (Å²) in [6.07, 6.45) is 1.06. The molecule has 0 unspecified atom stereocenters. The summed E-state index contributed by atoms with van der Waals surface area (Å²) < 4.78 is 22.5. The van der Waals surface area contributed by atoms with Gasteiger partial charge in [0, 0.05) is 10.7 Å². The maximum Gasteiger partial charge on any atom is 0.336 e. The van der Waals surface area contributed by atoms with E-state index in [1.807, 2.05) is 0 Å². The van der Waals surface area contributed by atoms with Crippen LogP contribution in [0.2, 0.25) is 0 Å². The molecule has 1 rings (SSSR count). The standard InChI is InChI=1S/C8H7BrO4S/c1-14(12,13)5-2-3-6(8(10)11)7(9)4-5/h2-4H,1H3,(H,10,11). The Bertz CT molecular complexity index is 478. The molecule has 76 valence electrons. The number of hydrogen-bond acceptors (Lipinski definition) is 3. The van der Waals surface area contributed by atoms with E-state index in [2.05, 4.69) is 15.9 Å². The third kappa shape index (κ3) is 2.33. The minimum Gasteiger partial charge on any atom is -0.478 e. The van der Waals surface area contributed by atoms with Crippen molar-refractivity contribution in [1.82, 2.24) is 0 Å². The van der Waals surface area contributed by atoms with Crippen LogP contribution in [0.1, 0.15) is 10.4 Å². The first kappa shape index (κ1) is 11.2. The van der Waals surface area contributed by atoms with Crippen molar-refractivity contribution in [2.45, 2.75) is 4.90 Å². The lowest BCUT2D eigenvalue weighted by atomic mass is 10.2. The van der Waals surface area contributed by atoms with Crippen molar-refractivity contribution in [3.63, 3.8) is 0 Å². The van der Waals surface area contributed by atoms with E-state index in [0.717, 1.165) is 6.26 Å². The summed E-state index contributed by atoms with van der Waals surface area (Å²) >= 11 is 2.99. The lowest BCUT2D eigenvalue weighted by Gasteiger charge is -2.01. The maximum absolute atomic E-state index is 11.1. The van der Waals surface area contributed by atoms with Crippen LogP contribution in [0.25, 0.3) is 0 Å². The average Bonchev–Trinajstić information content (AvgIpc) is 2.01. The Morgan fingerprint density at radius 2 is 2.00 bits per heavy atom. The summed E-state index contributed by atoms with van der Waals surface area (Å²) in [7, 11) is -3.29. The SMILES string of the molecule is CS(=O)(=O)c1ccc(C(=O)O)c(Br)c1. The highest BCUT2D eigenvalue weighted by Gasteiger charge is 2.12. The molecule has 0 aromatic heterocycles. The molecule has 0 heterocycles. The highest BCUT2D eigenvalue weighted by Crippen LogP contribution is 2.21. The van der Waals surface area contributed by atoms with E-state index in [1.54, 1.807) is 0 Å². The summed E-state index contributed by atoms with van der Waals surface area (Å²) in [5.74, 6) is -1.10. The Labute approximate surface area is 89.6 Å². The minimum absolute atomic E-state index is 0.0393. The van der Waals surface area contributed by atoms with Crippen LogP contribution in [0, 0.1) is 0 Å². The predicted molar refractivity (Wildman–Crippen MR) is 54.2 cm³/mol. The molecule has 1 aromatic rings. The molecule has 1 aromatic carbocycles. The van der Waals surface area contributed by atoms with Gasteiger partial charge in [-0.25, -0.2) is 13.2 Å². The van der Waals surface area contributed by atoms with Gasteiger partial charge in [-0.3, -0.25) is 0 Å². The van der Waals surface area contributed by atoms with Crippen LogP contribution < -0.4 is 0 Å². The lowest BCUT2D eigenvalue weighted by molar-refractivity contribution is 0.0696. The monoisotopic (exact) mass is 278 g/mol. The number of halogens is 1. The molecule has 0 saturated carbocycles. The van der Waals surface area contributed by atoms with Gasteiger partial charge in [0.2, 0.25) is 0 Å². The molecule has 0 aliphatic heterocycles. The Morgan fingerprint density at radius 1 is 1.43 bits per heavy atom. The highest BCUT2D eigenvalue weighted by atomic mass is 79.9. The normalized spacial score (nSPS) is 11.3. The molecule has 0 bridgehead atoms. The number of rotatable bonds is 2. The Balaban J connectivity index is 3.34. The van der Waals surface area contributed by atoms with E-state index in [9.17, 15) is 13.2 Å². The average molecular weight is 279 g/mol. The molecule has 0 amide bonds. The summed E-state index contributed by atoms with van der Waals surface area (Å²) in [5.41, 5.74) is 0.0393. The Morgan fingerprint density at radius 3 is 2.36 bits per heavy atom. The van der Waals surface area contributed by atoms with Crippen LogP contribution in [0.15, 0.2) is 27.6 Å². The fraction of sp³-hybridized carbons (Fsp3) is 0.125. The summed E-state index contributed by atoms with van der Waals surface area (Å²) in [6.45, 7) is 0. The van der Waals surface area contributed by atoms with Gasteiger partial charge in [-0.2, -0.15) is 0 Å². The second kappa shape index (κ2) is 3.70. The van der Waals surface area contributed by atoms with Crippen molar-refractivity contribution in [3.8, 4) is 0 Å². The van der Waals surface area contributed by atoms with E-state index >= 15 is 0 Å².